The summed E-state index contributed by atoms with van der Waals surface area (Å²) in [4.78, 5) is 26.1. The number of aliphatic hydroxyl groups excluding tert-OH is 3. The van der Waals surface area contributed by atoms with Crippen molar-refractivity contribution in [2.24, 2.45) is 0 Å². The zero-order valence-electron chi connectivity index (χ0n) is 17.5. The molecule has 27 heavy (non-hydrogen) atoms. The highest BCUT2D eigenvalue weighted by Gasteiger charge is 2.09. The van der Waals surface area contributed by atoms with Gasteiger partial charge >= 0.3 is 0 Å². The van der Waals surface area contributed by atoms with Gasteiger partial charge in [0.2, 0.25) is 0 Å². The van der Waals surface area contributed by atoms with Gasteiger partial charge in [0, 0.05) is 37.0 Å². The first-order valence-electron chi connectivity index (χ1n) is 8.99. The van der Waals surface area contributed by atoms with Gasteiger partial charge in [-0.05, 0) is 0 Å². The number of rotatable bonds is 8. The fraction of sp³-hybridized carbons (Fsp3) is 1.00. The third-order valence-electron chi connectivity index (χ3n) is 3.39. The third-order valence-corrected chi connectivity index (χ3v) is 9.32. The molecule has 0 atom stereocenters. The summed E-state index contributed by atoms with van der Waals surface area (Å²) in [5, 5.41) is 24.0. The summed E-state index contributed by atoms with van der Waals surface area (Å²) in [6.45, 7) is 9.63. The molecule has 0 aromatic rings. The normalized spacial score (nSPS) is 11.4. The van der Waals surface area contributed by atoms with E-state index in [-0.39, 0.29) is 13.2 Å². The summed E-state index contributed by atoms with van der Waals surface area (Å²) in [7, 11) is -7.96. The largest absolute Gasteiger partial charge is 0.394 e. The molecule has 0 radical (unpaired) electrons. The van der Waals surface area contributed by atoms with Crippen molar-refractivity contribution in [1.82, 2.24) is 0 Å². The predicted octanol–water partition coefficient (Wildman–Crippen LogP) is 2.22. The van der Waals surface area contributed by atoms with Crippen LogP contribution in [0.4, 0.5) is 0 Å². The van der Waals surface area contributed by atoms with Gasteiger partial charge in [0.25, 0.3) is 0 Å². The van der Waals surface area contributed by atoms with Crippen molar-refractivity contribution in [3.8, 4) is 0 Å². The number of hydrogen-bond donors (Lipinski definition) is 6. The highest BCUT2D eigenvalue weighted by atomic mass is 31.2. The van der Waals surface area contributed by atoms with E-state index in [2.05, 4.69) is 0 Å². The van der Waals surface area contributed by atoms with E-state index < -0.39 is 28.2 Å². The van der Waals surface area contributed by atoms with E-state index in [1.807, 2.05) is 0 Å². The van der Waals surface area contributed by atoms with E-state index in [1.54, 1.807) is 41.5 Å². The Labute approximate surface area is 164 Å². The van der Waals surface area contributed by atoms with Crippen LogP contribution in [0.1, 0.15) is 41.5 Å². The van der Waals surface area contributed by atoms with E-state index in [9.17, 15) is 13.7 Å². The maximum atomic E-state index is 10.5. The molecule has 0 bridgehead atoms. The zero-order valence-corrected chi connectivity index (χ0v) is 20.2. The van der Waals surface area contributed by atoms with Crippen molar-refractivity contribution in [2.45, 2.75) is 47.6 Å². The SMILES string of the molecule is CCP(=O)(O)CC.CCP(=O)(O)CC.CCP(=O)(O)CC.OCC(O)CO. The number of hydrogen-bond acceptors (Lipinski definition) is 6. The highest BCUT2D eigenvalue weighted by Crippen LogP contribution is 2.39. The van der Waals surface area contributed by atoms with Gasteiger partial charge in [0.15, 0.2) is 22.1 Å². The molecule has 170 valence electrons. The van der Waals surface area contributed by atoms with Crippen LogP contribution in [0.2, 0.25) is 0 Å². The van der Waals surface area contributed by atoms with Crippen LogP contribution in [0.25, 0.3) is 0 Å². The van der Waals surface area contributed by atoms with Gasteiger partial charge in [-0.2, -0.15) is 0 Å². The van der Waals surface area contributed by atoms with Crippen molar-refractivity contribution in [3.63, 3.8) is 0 Å². The Balaban J connectivity index is -0.000000131. The highest BCUT2D eigenvalue weighted by molar-refractivity contribution is 7.58. The number of aliphatic hydroxyl groups is 3. The molecule has 0 unspecified atom stereocenters. The lowest BCUT2D eigenvalue weighted by Crippen LogP contribution is -2.15. The van der Waals surface area contributed by atoms with E-state index in [0.29, 0.717) is 37.0 Å². The van der Waals surface area contributed by atoms with Crippen LogP contribution in [0, 0.1) is 0 Å². The van der Waals surface area contributed by atoms with Crippen molar-refractivity contribution in [1.29, 1.82) is 0 Å². The van der Waals surface area contributed by atoms with E-state index in [0.717, 1.165) is 0 Å². The van der Waals surface area contributed by atoms with Crippen molar-refractivity contribution < 1.29 is 43.7 Å². The standard InChI is InChI=1S/3C4H11O2P.C3H8O3/c3*1-3-7(5,6)4-2;4-1-3(6)2-5/h3*3-4H2,1-2H3,(H,5,6);3-6H,1-2H2. The van der Waals surface area contributed by atoms with Gasteiger partial charge < -0.3 is 30.0 Å². The van der Waals surface area contributed by atoms with Crippen molar-refractivity contribution in [2.75, 3.05) is 50.2 Å². The molecule has 0 spiro atoms. The van der Waals surface area contributed by atoms with Gasteiger partial charge in [0.1, 0.15) is 6.10 Å². The molecular weight excluding hydrogens is 417 g/mol. The van der Waals surface area contributed by atoms with Crippen LogP contribution in [-0.2, 0) is 13.7 Å². The molecule has 0 fully saturated rings. The summed E-state index contributed by atoms with van der Waals surface area (Å²) in [6.07, 6.45) is 1.48. The Bertz CT molecular complexity index is 373. The van der Waals surface area contributed by atoms with Crippen LogP contribution < -0.4 is 0 Å². The molecule has 12 heteroatoms. The van der Waals surface area contributed by atoms with Gasteiger partial charge in [-0.15, -0.1) is 0 Å². The Morgan fingerprint density at radius 3 is 0.704 bits per heavy atom. The quantitative estimate of drug-likeness (QED) is 0.298. The molecule has 0 aromatic heterocycles. The first-order valence-corrected chi connectivity index (χ1v) is 15.1. The Kier molecular flexibility index (Phi) is 25.5. The summed E-state index contributed by atoms with van der Waals surface area (Å²) in [5.74, 6) is 0. The summed E-state index contributed by atoms with van der Waals surface area (Å²) in [5.41, 5.74) is 0. The molecule has 0 rings (SSSR count). The fourth-order valence-corrected chi connectivity index (χ4v) is 2.07. The zero-order chi connectivity index (χ0) is 22.7. The van der Waals surface area contributed by atoms with Crippen molar-refractivity contribution >= 4 is 22.1 Å². The van der Waals surface area contributed by atoms with Gasteiger partial charge in [-0.1, -0.05) is 41.5 Å². The van der Waals surface area contributed by atoms with E-state index >= 15 is 0 Å². The average Bonchev–Trinajstić information content (AvgIpc) is 2.68. The smallest absolute Gasteiger partial charge is 0.200 e. The lowest BCUT2D eigenvalue weighted by molar-refractivity contribution is 0.0450. The molecule has 6 N–H and O–H groups in total. The molecular formula is C15H41O9P3. The first-order chi connectivity index (χ1) is 12.2. The predicted molar refractivity (Wildman–Crippen MR) is 113 cm³/mol. The van der Waals surface area contributed by atoms with Crippen LogP contribution in [-0.4, -0.2) is 86.3 Å². The molecule has 9 nitrogen and oxygen atoms in total. The average molecular weight is 458 g/mol. The van der Waals surface area contributed by atoms with Gasteiger partial charge in [0.05, 0.1) is 13.2 Å². The maximum Gasteiger partial charge on any atom is 0.200 e. The second-order valence-electron chi connectivity index (χ2n) is 5.46. The minimum atomic E-state index is -2.65. The summed E-state index contributed by atoms with van der Waals surface area (Å²) in [6, 6.07) is 0. The van der Waals surface area contributed by atoms with Crippen LogP contribution in [0.15, 0.2) is 0 Å². The Morgan fingerprint density at radius 1 is 0.556 bits per heavy atom. The molecule has 0 aliphatic rings. The second-order valence-corrected chi connectivity index (χ2v) is 14.3. The van der Waals surface area contributed by atoms with Crippen LogP contribution in [0.3, 0.4) is 0 Å². The molecule has 0 aliphatic carbocycles. The minimum absolute atomic E-state index is 0.365. The van der Waals surface area contributed by atoms with Crippen molar-refractivity contribution in [3.05, 3.63) is 0 Å². The van der Waals surface area contributed by atoms with Gasteiger partial charge in [-0.25, -0.2) is 0 Å². The molecule has 0 heterocycles. The molecule has 0 aliphatic heterocycles. The second kappa shape index (κ2) is 19.8. The first kappa shape index (κ1) is 34.9. The van der Waals surface area contributed by atoms with Gasteiger partial charge in [-0.3, -0.25) is 13.7 Å². The third kappa shape index (κ3) is 31.4. The summed E-state index contributed by atoms with van der Waals surface area (Å²) >= 11 is 0. The Morgan fingerprint density at radius 2 is 0.704 bits per heavy atom. The monoisotopic (exact) mass is 458 g/mol. The topological polar surface area (TPSA) is 173 Å². The Hall–Kier alpha value is 0.450. The van der Waals surface area contributed by atoms with E-state index in [4.69, 9.17) is 30.0 Å². The van der Waals surface area contributed by atoms with Crippen LogP contribution in [0.5, 0.6) is 0 Å². The van der Waals surface area contributed by atoms with E-state index in [1.165, 1.54) is 0 Å². The lowest BCUT2D eigenvalue weighted by Gasteiger charge is -2.01. The van der Waals surface area contributed by atoms with Crippen LogP contribution >= 0.6 is 22.1 Å². The fourth-order valence-electron chi connectivity index (χ4n) is 0.729. The molecule has 0 saturated heterocycles. The molecule has 0 saturated carbocycles. The summed E-state index contributed by atoms with van der Waals surface area (Å²) < 4.78 is 31.5. The molecule has 0 amide bonds. The lowest BCUT2D eigenvalue weighted by atomic mass is 10.4. The minimum Gasteiger partial charge on any atom is -0.394 e. The maximum absolute atomic E-state index is 10.5. The molecule has 0 aromatic carbocycles.